The number of aryl methyl sites for hydroxylation is 4. The first-order valence-electron chi connectivity index (χ1n) is 23.7. The molecule has 1 fully saturated rings. The summed E-state index contributed by atoms with van der Waals surface area (Å²) in [5, 5.41) is 22.2. The minimum atomic E-state index is -2.86. The van der Waals surface area contributed by atoms with Crippen LogP contribution in [-0.4, -0.2) is 85.4 Å². The van der Waals surface area contributed by atoms with Crippen LogP contribution in [0.15, 0.2) is 77.3 Å². The van der Waals surface area contributed by atoms with Gasteiger partial charge in [-0.1, -0.05) is 58.9 Å². The van der Waals surface area contributed by atoms with Crippen LogP contribution in [0.3, 0.4) is 0 Å². The van der Waals surface area contributed by atoms with E-state index in [1.54, 1.807) is 60.8 Å². The first-order valence-corrected chi connectivity index (χ1v) is 24.6. The van der Waals surface area contributed by atoms with E-state index in [1.807, 2.05) is 89.8 Å². The van der Waals surface area contributed by atoms with Gasteiger partial charge in [-0.15, -0.1) is 11.3 Å². The first kappa shape index (κ1) is 49.9. The molecule has 3 N–H and O–H groups in total. The number of aliphatic hydroxyl groups excluding tert-OH is 1. The summed E-state index contributed by atoms with van der Waals surface area (Å²) in [5.74, 6) is -1.27. The molecule has 6 aromatic rings. The number of β-amino-alcohol motifs (C(OH)–C–C–N with tert-alkyl or cyclic N) is 1. The summed E-state index contributed by atoms with van der Waals surface area (Å²) in [5.41, 5.74) is 7.58. The number of amides is 3. The molecule has 0 bridgehead atoms. The number of pyridine rings is 1. The van der Waals surface area contributed by atoms with Gasteiger partial charge in [-0.2, -0.15) is 5.10 Å². The number of thiazole rings is 1. The molecule has 0 radical (unpaired) electrons. The quantitative estimate of drug-likeness (QED) is 0.103. The van der Waals surface area contributed by atoms with Crippen LogP contribution in [0.2, 0.25) is 0 Å². The highest BCUT2D eigenvalue weighted by atomic mass is 32.1. The number of rotatable bonds is 13. The fraction of sp³-hybridized carbons (Fsp3) is 0.434. The maximum absolute atomic E-state index is 15.3. The van der Waals surface area contributed by atoms with E-state index in [2.05, 4.69) is 20.7 Å². The Morgan fingerprint density at radius 1 is 0.971 bits per heavy atom. The minimum absolute atomic E-state index is 0.0322. The molecule has 0 saturated carbocycles. The molecular weight excluding hydrogens is 915 g/mol. The molecule has 70 heavy (non-hydrogen) atoms. The molecular formula is C53H62F2N8O6S. The number of likely N-dealkylation sites (tertiary alicyclic amines) is 1. The molecule has 0 aliphatic carbocycles. The second-order valence-corrected chi connectivity index (χ2v) is 21.0. The van der Waals surface area contributed by atoms with Crippen LogP contribution < -0.4 is 25.8 Å². The molecule has 5 heterocycles. The monoisotopic (exact) mass is 976 g/mol. The third-order valence-corrected chi connectivity index (χ3v) is 14.7. The number of hydrogen-bond donors (Lipinski definition) is 3. The van der Waals surface area contributed by atoms with Crippen molar-refractivity contribution in [3.05, 3.63) is 111 Å². The van der Waals surface area contributed by atoms with Crippen LogP contribution in [-0.2, 0) is 27.9 Å². The lowest BCUT2D eigenvalue weighted by Gasteiger charge is -2.36. The van der Waals surface area contributed by atoms with Gasteiger partial charge in [0.25, 0.3) is 12.0 Å². The molecule has 3 aromatic heterocycles. The second-order valence-electron chi connectivity index (χ2n) is 20.1. The molecule has 3 aromatic carbocycles. The fourth-order valence-corrected chi connectivity index (χ4v) is 10.8. The summed E-state index contributed by atoms with van der Waals surface area (Å²) in [4.78, 5) is 64.8. The van der Waals surface area contributed by atoms with Crippen molar-refractivity contribution in [1.29, 1.82) is 0 Å². The molecule has 370 valence electrons. The lowest BCUT2D eigenvalue weighted by atomic mass is 9.85. The number of anilines is 2. The number of carbonyl (C=O) groups is 3. The third kappa shape index (κ3) is 9.69. The second kappa shape index (κ2) is 19.7. The van der Waals surface area contributed by atoms with Crippen LogP contribution in [0.25, 0.3) is 32.5 Å². The highest BCUT2D eigenvalue weighted by Gasteiger charge is 2.45. The number of fused-ring (bicyclic) bond motifs is 2. The lowest BCUT2D eigenvalue weighted by molar-refractivity contribution is -0.144. The summed E-state index contributed by atoms with van der Waals surface area (Å²) in [6, 6.07) is 13.2. The number of nitrogens with one attached hydrogen (secondary N) is 2. The molecule has 5 atom stereocenters. The number of halogens is 2. The number of nitrogens with zero attached hydrogens (tertiary/aromatic N) is 6. The Balaban J connectivity index is 1.03. The molecule has 1 saturated heterocycles. The topological polar surface area (TPSA) is 164 Å². The number of ether oxygens (including phenoxy) is 1. The Morgan fingerprint density at radius 2 is 1.70 bits per heavy atom. The number of aromatic nitrogens is 4. The average molecular weight is 977 g/mol. The van der Waals surface area contributed by atoms with Crippen molar-refractivity contribution in [3.8, 4) is 27.3 Å². The van der Waals surface area contributed by atoms with E-state index in [0.717, 1.165) is 44.8 Å². The van der Waals surface area contributed by atoms with E-state index in [9.17, 15) is 24.3 Å². The van der Waals surface area contributed by atoms with Crippen molar-refractivity contribution in [2.75, 3.05) is 25.1 Å². The van der Waals surface area contributed by atoms with Crippen molar-refractivity contribution in [2.24, 2.45) is 18.4 Å². The average Bonchev–Trinajstić information content (AvgIpc) is 4.08. The summed E-state index contributed by atoms with van der Waals surface area (Å²) < 4.78 is 39.2. The van der Waals surface area contributed by atoms with Gasteiger partial charge in [0.15, 0.2) is 0 Å². The van der Waals surface area contributed by atoms with Crippen molar-refractivity contribution in [2.45, 2.75) is 111 Å². The standard InChI is InChI=1S/C53H62F2N8O6S/c1-28(2)45(50(66)59-47(53(6,7)8)52(68)62-26-36(64)20-44(62)49(65)58-30(4)32-13-15-33(16-14-32)46-31(5)56-27-70-46)63-25-35(24-57-63)38-19-34-12-11-17-61(41(34)23-39(38)48(54)55)43-22-37(69-10)21-42-40(43)18-29(3)51(67)60(42)9/h13-16,18-19,21-25,27-28,30,36,44-45,47-48,64H,11-12,17,20,26H2,1-10H3,(H,58,65)(H,59,66)/t30-,36+,44-,45?,47+/m0/s1. The molecule has 14 nitrogen and oxygen atoms in total. The first-order chi connectivity index (χ1) is 33.2. The van der Waals surface area contributed by atoms with Gasteiger partial charge in [-0.3, -0.25) is 23.9 Å². The van der Waals surface area contributed by atoms with Crippen molar-refractivity contribution < 1.29 is 33.0 Å². The molecule has 2 aliphatic rings. The maximum Gasteiger partial charge on any atom is 0.264 e. The Bertz CT molecular complexity index is 3010. The number of hydrogen-bond acceptors (Lipinski definition) is 10. The number of aliphatic hydroxyl groups is 1. The molecule has 17 heteroatoms. The van der Waals surface area contributed by atoms with E-state index in [-0.39, 0.29) is 35.6 Å². The predicted molar refractivity (Wildman–Crippen MR) is 269 cm³/mol. The van der Waals surface area contributed by atoms with Gasteiger partial charge in [-0.25, -0.2) is 13.8 Å². The van der Waals surface area contributed by atoms with E-state index < -0.39 is 59.8 Å². The van der Waals surface area contributed by atoms with Crippen molar-refractivity contribution in [1.82, 2.24) is 34.9 Å². The van der Waals surface area contributed by atoms with Crippen LogP contribution in [0.5, 0.6) is 5.75 Å². The van der Waals surface area contributed by atoms with Crippen LogP contribution in [0.4, 0.5) is 20.2 Å². The van der Waals surface area contributed by atoms with Crippen LogP contribution in [0, 0.1) is 25.2 Å². The van der Waals surface area contributed by atoms with E-state index >= 15 is 8.78 Å². The predicted octanol–water partition coefficient (Wildman–Crippen LogP) is 8.74. The van der Waals surface area contributed by atoms with Gasteiger partial charge in [0.1, 0.15) is 23.9 Å². The zero-order valence-electron chi connectivity index (χ0n) is 41.3. The zero-order valence-corrected chi connectivity index (χ0v) is 42.2. The summed E-state index contributed by atoms with van der Waals surface area (Å²) in [7, 11) is 3.25. The molecule has 2 aliphatic heterocycles. The van der Waals surface area contributed by atoms with E-state index in [1.165, 1.54) is 21.8 Å². The molecule has 0 spiro atoms. The van der Waals surface area contributed by atoms with Gasteiger partial charge in [0, 0.05) is 72.7 Å². The fourth-order valence-electron chi connectivity index (χ4n) is 9.95. The highest BCUT2D eigenvalue weighted by Crippen LogP contribution is 2.44. The van der Waals surface area contributed by atoms with Gasteiger partial charge in [-0.05, 0) is 85.4 Å². The third-order valence-electron chi connectivity index (χ3n) is 13.7. The smallest absolute Gasteiger partial charge is 0.264 e. The highest BCUT2D eigenvalue weighted by molar-refractivity contribution is 7.13. The van der Waals surface area contributed by atoms with E-state index in [0.29, 0.717) is 41.0 Å². The summed E-state index contributed by atoms with van der Waals surface area (Å²) >= 11 is 1.56. The van der Waals surface area contributed by atoms with Crippen molar-refractivity contribution in [3.63, 3.8) is 0 Å². The number of alkyl halides is 2. The number of benzene rings is 3. The SMILES string of the molecule is COc1cc(N2CCCc3cc(-c4cnn(C(C(=O)N[C@H](C(=O)N5C[C@H](O)C[C@H]5C(=O)N[C@@H](C)c5ccc(-c6scnc6C)cc5)C(C)(C)C)C(C)C)c4)c(C(F)F)cc32)c2cc(C)c(=O)n(C)c2c1. The Labute approximate surface area is 410 Å². The lowest BCUT2D eigenvalue weighted by Crippen LogP contribution is -2.58. The Kier molecular flexibility index (Phi) is 14.1. The Morgan fingerprint density at radius 3 is 2.34 bits per heavy atom. The van der Waals surface area contributed by atoms with Crippen LogP contribution in [0.1, 0.15) is 101 Å². The Hall–Kier alpha value is -6.46. The summed E-state index contributed by atoms with van der Waals surface area (Å²) in [6.45, 7) is 15.2. The normalized spacial score (nSPS) is 17.5. The van der Waals surface area contributed by atoms with Gasteiger partial charge < -0.3 is 34.8 Å². The largest absolute Gasteiger partial charge is 0.497 e. The molecule has 8 rings (SSSR count). The number of carbonyl (C=O) groups excluding carboxylic acids is 3. The van der Waals surface area contributed by atoms with Crippen LogP contribution >= 0.6 is 11.3 Å². The zero-order chi connectivity index (χ0) is 50.5. The van der Waals surface area contributed by atoms with Crippen molar-refractivity contribution >= 4 is 51.3 Å². The van der Waals surface area contributed by atoms with Gasteiger partial charge >= 0.3 is 0 Å². The number of methoxy groups -OCH3 is 1. The van der Waals surface area contributed by atoms with Gasteiger partial charge in [0.2, 0.25) is 17.7 Å². The molecule has 1 unspecified atom stereocenters. The molecule has 3 amide bonds. The van der Waals surface area contributed by atoms with Gasteiger partial charge in [0.05, 0.1) is 52.7 Å². The summed E-state index contributed by atoms with van der Waals surface area (Å²) in [6.07, 6.45) is 0.662. The minimum Gasteiger partial charge on any atom is -0.497 e. The maximum atomic E-state index is 15.3. The van der Waals surface area contributed by atoms with E-state index in [4.69, 9.17) is 4.74 Å².